The molecule has 1 heterocycles. The average Bonchev–Trinajstić information content (AvgIpc) is 2.35. The lowest BCUT2D eigenvalue weighted by molar-refractivity contribution is 0.580. The number of aromatic nitrogens is 1. The standard InChI is InChI=1S/C15H17F2N3/c1-15(2,3)9-4-6-10(7-5-9)19-14-12(17)8-11(16)13(18)20-14/h4-8H,1-3H3,(H3,18,19,20). The van der Waals surface area contributed by atoms with Crippen molar-refractivity contribution in [3.63, 3.8) is 0 Å². The highest BCUT2D eigenvalue weighted by molar-refractivity contribution is 5.59. The van der Waals surface area contributed by atoms with Crippen molar-refractivity contribution in [3.8, 4) is 0 Å². The van der Waals surface area contributed by atoms with Crippen LogP contribution in [-0.2, 0) is 5.41 Å². The molecule has 3 nitrogen and oxygen atoms in total. The van der Waals surface area contributed by atoms with E-state index in [1.807, 2.05) is 24.3 Å². The fourth-order valence-corrected chi connectivity index (χ4v) is 1.76. The highest BCUT2D eigenvalue weighted by Gasteiger charge is 2.14. The molecule has 0 saturated heterocycles. The van der Waals surface area contributed by atoms with Gasteiger partial charge in [0.05, 0.1) is 0 Å². The van der Waals surface area contributed by atoms with Gasteiger partial charge >= 0.3 is 0 Å². The first-order valence-electron chi connectivity index (χ1n) is 6.26. The first kappa shape index (κ1) is 14.2. The molecule has 0 saturated carbocycles. The predicted octanol–water partition coefficient (Wildman–Crippen LogP) is 3.98. The molecule has 5 heteroatoms. The fourth-order valence-electron chi connectivity index (χ4n) is 1.76. The first-order valence-corrected chi connectivity index (χ1v) is 6.26. The maximum absolute atomic E-state index is 13.6. The van der Waals surface area contributed by atoms with Crippen LogP contribution in [0.15, 0.2) is 30.3 Å². The van der Waals surface area contributed by atoms with Crippen molar-refractivity contribution in [1.29, 1.82) is 0 Å². The lowest BCUT2D eigenvalue weighted by Gasteiger charge is -2.19. The zero-order valence-corrected chi connectivity index (χ0v) is 11.7. The largest absolute Gasteiger partial charge is 0.381 e. The van der Waals surface area contributed by atoms with Crippen molar-refractivity contribution in [1.82, 2.24) is 4.98 Å². The Labute approximate surface area is 116 Å². The minimum Gasteiger partial charge on any atom is -0.381 e. The van der Waals surface area contributed by atoms with Gasteiger partial charge in [0, 0.05) is 11.8 Å². The molecule has 0 aliphatic heterocycles. The van der Waals surface area contributed by atoms with E-state index in [-0.39, 0.29) is 17.1 Å². The summed E-state index contributed by atoms with van der Waals surface area (Å²) in [5, 5.41) is 2.79. The molecular weight excluding hydrogens is 260 g/mol. The molecule has 2 rings (SSSR count). The number of hydrogen-bond donors (Lipinski definition) is 2. The van der Waals surface area contributed by atoms with Crippen molar-refractivity contribution in [3.05, 3.63) is 47.5 Å². The van der Waals surface area contributed by atoms with Crippen molar-refractivity contribution < 1.29 is 8.78 Å². The summed E-state index contributed by atoms with van der Waals surface area (Å²) in [7, 11) is 0. The van der Waals surface area contributed by atoms with E-state index in [1.165, 1.54) is 0 Å². The van der Waals surface area contributed by atoms with Crippen LogP contribution < -0.4 is 11.1 Å². The lowest BCUT2D eigenvalue weighted by atomic mass is 9.87. The van der Waals surface area contributed by atoms with Crippen molar-refractivity contribution in [2.75, 3.05) is 11.1 Å². The van der Waals surface area contributed by atoms with E-state index in [1.54, 1.807) is 0 Å². The van der Waals surface area contributed by atoms with Crippen LogP contribution in [-0.4, -0.2) is 4.98 Å². The molecule has 0 fully saturated rings. The maximum Gasteiger partial charge on any atom is 0.169 e. The number of nitrogen functional groups attached to an aromatic ring is 1. The van der Waals surface area contributed by atoms with Crippen LogP contribution in [0.3, 0.4) is 0 Å². The molecular formula is C15H17F2N3. The second kappa shape index (κ2) is 5.07. The van der Waals surface area contributed by atoms with Gasteiger partial charge in [-0.1, -0.05) is 32.9 Å². The summed E-state index contributed by atoms with van der Waals surface area (Å²) in [5.74, 6) is -2.07. The van der Waals surface area contributed by atoms with Crippen LogP contribution in [0.5, 0.6) is 0 Å². The number of nitrogens with two attached hydrogens (primary N) is 1. The summed E-state index contributed by atoms with van der Waals surface area (Å²) < 4.78 is 26.6. The maximum atomic E-state index is 13.6. The van der Waals surface area contributed by atoms with E-state index in [2.05, 4.69) is 31.1 Å². The van der Waals surface area contributed by atoms with Crippen LogP contribution in [0.1, 0.15) is 26.3 Å². The Morgan fingerprint density at radius 1 is 1.05 bits per heavy atom. The molecule has 0 atom stereocenters. The Kier molecular flexibility index (Phi) is 3.61. The number of rotatable bonds is 2. The van der Waals surface area contributed by atoms with Crippen LogP contribution >= 0.6 is 0 Å². The van der Waals surface area contributed by atoms with Gasteiger partial charge in [0.15, 0.2) is 23.3 Å². The second-order valence-electron chi connectivity index (χ2n) is 5.64. The number of halogens is 2. The number of anilines is 3. The average molecular weight is 277 g/mol. The van der Waals surface area contributed by atoms with Gasteiger partial charge in [-0.3, -0.25) is 0 Å². The fraction of sp³-hybridized carbons (Fsp3) is 0.267. The summed E-state index contributed by atoms with van der Waals surface area (Å²) in [6.45, 7) is 6.33. The molecule has 0 bridgehead atoms. The molecule has 1 aromatic carbocycles. The third-order valence-electron chi connectivity index (χ3n) is 2.97. The van der Waals surface area contributed by atoms with Gasteiger partial charge in [-0.05, 0) is 23.1 Å². The third kappa shape index (κ3) is 3.04. The van der Waals surface area contributed by atoms with Gasteiger partial charge in [-0.2, -0.15) is 0 Å². The number of nitrogens with zero attached hydrogens (tertiary/aromatic N) is 1. The smallest absolute Gasteiger partial charge is 0.169 e. The van der Waals surface area contributed by atoms with E-state index in [9.17, 15) is 8.78 Å². The van der Waals surface area contributed by atoms with Gasteiger partial charge in [0.25, 0.3) is 0 Å². The molecule has 20 heavy (non-hydrogen) atoms. The zero-order chi connectivity index (χ0) is 14.9. The van der Waals surface area contributed by atoms with Crippen LogP contribution in [0.4, 0.5) is 26.1 Å². The predicted molar refractivity (Wildman–Crippen MR) is 77.0 cm³/mol. The van der Waals surface area contributed by atoms with E-state index < -0.39 is 11.6 Å². The van der Waals surface area contributed by atoms with Gasteiger partial charge in [0.2, 0.25) is 0 Å². The minimum absolute atomic E-state index is 0.0440. The molecule has 0 spiro atoms. The van der Waals surface area contributed by atoms with E-state index in [4.69, 9.17) is 5.73 Å². The Morgan fingerprint density at radius 2 is 1.65 bits per heavy atom. The summed E-state index contributed by atoms with van der Waals surface area (Å²) in [5.41, 5.74) is 7.20. The molecule has 0 unspecified atom stereocenters. The van der Waals surface area contributed by atoms with Crippen molar-refractivity contribution >= 4 is 17.3 Å². The topological polar surface area (TPSA) is 50.9 Å². The van der Waals surface area contributed by atoms with Crippen molar-refractivity contribution in [2.24, 2.45) is 0 Å². The Bertz CT molecular complexity index is 616. The van der Waals surface area contributed by atoms with Gasteiger partial charge in [0.1, 0.15) is 0 Å². The Balaban J connectivity index is 2.25. The van der Waals surface area contributed by atoms with Crippen LogP contribution in [0, 0.1) is 11.6 Å². The first-order chi connectivity index (χ1) is 9.27. The minimum atomic E-state index is -0.865. The highest BCUT2D eigenvalue weighted by atomic mass is 19.1. The number of benzene rings is 1. The SMILES string of the molecule is CC(C)(C)c1ccc(Nc2nc(N)c(F)cc2F)cc1. The van der Waals surface area contributed by atoms with E-state index in [0.717, 1.165) is 5.56 Å². The van der Waals surface area contributed by atoms with Gasteiger partial charge in [-0.15, -0.1) is 0 Å². The Morgan fingerprint density at radius 3 is 2.20 bits per heavy atom. The molecule has 106 valence electrons. The summed E-state index contributed by atoms with van der Waals surface area (Å²) in [6, 6.07) is 8.26. The monoisotopic (exact) mass is 277 g/mol. The molecule has 0 aliphatic carbocycles. The number of pyridine rings is 1. The van der Waals surface area contributed by atoms with Gasteiger partial charge < -0.3 is 11.1 Å². The summed E-state index contributed by atoms with van der Waals surface area (Å²) in [4.78, 5) is 3.66. The summed E-state index contributed by atoms with van der Waals surface area (Å²) >= 11 is 0. The zero-order valence-electron chi connectivity index (χ0n) is 11.7. The van der Waals surface area contributed by atoms with Gasteiger partial charge in [-0.25, -0.2) is 13.8 Å². The van der Waals surface area contributed by atoms with Crippen LogP contribution in [0.25, 0.3) is 0 Å². The highest BCUT2D eigenvalue weighted by Crippen LogP contribution is 2.25. The molecule has 1 aromatic heterocycles. The molecule has 0 aliphatic rings. The quantitative estimate of drug-likeness (QED) is 0.872. The Hall–Kier alpha value is -2.17. The van der Waals surface area contributed by atoms with Crippen LogP contribution in [0.2, 0.25) is 0 Å². The van der Waals surface area contributed by atoms with Crippen molar-refractivity contribution in [2.45, 2.75) is 26.2 Å². The molecule has 0 radical (unpaired) electrons. The molecule has 2 aromatic rings. The third-order valence-corrected chi connectivity index (χ3v) is 2.97. The number of hydrogen-bond acceptors (Lipinski definition) is 3. The van der Waals surface area contributed by atoms with E-state index >= 15 is 0 Å². The van der Waals surface area contributed by atoms with E-state index in [0.29, 0.717) is 11.8 Å². The normalized spacial score (nSPS) is 11.4. The number of nitrogens with one attached hydrogen (secondary N) is 1. The molecule has 3 N–H and O–H groups in total. The molecule has 0 amide bonds. The lowest BCUT2D eigenvalue weighted by Crippen LogP contribution is -2.10. The summed E-state index contributed by atoms with van der Waals surface area (Å²) in [6.07, 6.45) is 0. The second-order valence-corrected chi connectivity index (χ2v) is 5.64.